The Balaban J connectivity index is 1.81. The first-order valence-electron chi connectivity index (χ1n) is 7.98. The molecule has 1 N–H and O–H groups in total. The summed E-state index contributed by atoms with van der Waals surface area (Å²) in [5.41, 5.74) is -0.530. The van der Waals surface area contributed by atoms with Crippen LogP contribution in [0.1, 0.15) is 17.3 Å². The quantitative estimate of drug-likeness (QED) is 0.491. The summed E-state index contributed by atoms with van der Waals surface area (Å²) in [5.74, 6) is -2.15. The van der Waals surface area contributed by atoms with Crippen molar-refractivity contribution in [3.8, 4) is 5.75 Å². The zero-order valence-corrected chi connectivity index (χ0v) is 13.8. The highest BCUT2D eigenvalue weighted by Gasteiger charge is 2.67. The topological polar surface area (TPSA) is 93.1 Å². The molecule has 3 aliphatic rings. The maximum absolute atomic E-state index is 13.0. The number of anilines is 1. The van der Waals surface area contributed by atoms with Crippen LogP contribution in [0.2, 0.25) is 0 Å². The van der Waals surface area contributed by atoms with Gasteiger partial charge in [0.15, 0.2) is 5.78 Å². The summed E-state index contributed by atoms with van der Waals surface area (Å²) in [6.07, 6.45) is 2.85. The molecule has 2 saturated heterocycles. The molecule has 3 heterocycles. The molecule has 0 aromatic heterocycles. The van der Waals surface area contributed by atoms with Gasteiger partial charge in [-0.15, -0.1) is 0 Å². The Kier molecular flexibility index (Phi) is 3.35. The Morgan fingerprint density at radius 3 is 2.76 bits per heavy atom. The molecule has 3 aliphatic heterocycles. The van der Waals surface area contributed by atoms with Crippen LogP contribution in [-0.2, 0) is 14.3 Å². The fraction of sp³-hybridized carbons (Fsp3) is 0.389. The van der Waals surface area contributed by atoms with Gasteiger partial charge in [0.2, 0.25) is 11.8 Å². The first-order chi connectivity index (χ1) is 11.9. The lowest BCUT2D eigenvalue weighted by atomic mass is 9.77. The van der Waals surface area contributed by atoms with Gasteiger partial charge in [-0.2, -0.15) is 0 Å². The number of methoxy groups -OCH3 is 1. The number of imide groups is 1. The average molecular weight is 343 g/mol. The highest BCUT2D eigenvalue weighted by molar-refractivity contribution is 6.24. The van der Waals surface area contributed by atoms with Gasteiger partial charge < -0.3 is 14.6 Å². The normalized spacial score (nSPS) is 32.4. The van der Waals surface area contributed by atoms with Crippen LogP contribution < -0.4 is 9.64 Å². The Morgan fingerprint density at radius 2 is 2.12 bits per heavy atom. The summed E-state index contributed by atoms with van der Waals surface area (Å²) < 4.78 is 11.0. The number of benzene rings is 1. The van der Waals surface area contributed by atoms with E-state index < -0.39 is 35.4 Å². The van der Waals surface area contributed by atoms with Crippen molar-refractivity contribution in [1.29, 1.82) is 0 Å². The Bertz CT molecular complexity index is 831. The number of ketones is 1. The molecule has 0 unspecified atom stereocenters. The zero-order chi connectivity index (χ0) is 17.9. The van der Waals surface area contributed by atoms with Gasteiger partial charge >= 0.3 is 0 Å². The number of amides is 2. The van der Waals surface area contributed by atoms with E-state index in [1.165, 1.54) is 20.1 Å². The van der Waals surface area contributed by atoms with Gasteiger partial charge in [0.1, 0.15) is 11.4 Å². The number of Topliss-reactive ketones (excluding diaryl/α,β-unsaturated/α-hetero) is 1. The van der Waals surface area contributed by atoms with E-state index >= 15 is 0 Å². The smallest absolute Gasteiger partial charge is 0.241 e. The van der Waals surface area contributed by atoms with E-state index in [4.69, 9.17) is 9.47 Å². The molecule has 4 atom stereocenters. The Hall–Kier alpha value is -2.51. The molecule has 2 fully saturated rings. The van der Waals surface area contributed by atoms with E-state index in [1.807, 2.05) is 0 Å². The molecule has 1 aromatic carbocycles. The minimum Gasteiger partial charge on any atom is -0.495 e. The van der Waals surface area contributed by atoms with Crippen molar-refractivity contribution >= 4 is 23.3 Å². The number of nitrogens with zero attached hydrogens (tertiary/aromatic N) is 1. The fourth-order valence-corrected chi connectivity index (χ4v) is 4.01. The van der Waals surface area contributed by atoms with Gasteiger partial charge in [-0.25, -0.2) is 4.90 Å². The Morgan fingerprint density at radius 1 is 1.36 bits per heavy atom. The summed E-state index contributed by atoms with van der Waals surface area (Å²) in [6.45, 7) is 1.03. The minimum absolute atomic E-state index is 0.180. The molecule has 7 heteroatoms. The Labute approximate surface area is 143 Å². The predicted molar refractivity (Wildman–Crippen MR) is 86.3 cm³/mol. The number of hydrogen-bond acceptors (Lipinski definition) is 6. The van der Waals surface area contributed by atoms with Crippen molar-refractivity contribution in [2.24, 2.45) is 11.8 Å². The molecule has 7 nitrogen and oxygen atoms in total. The van der Waals surface area contributed by atoms with Crippen LogP contribution in [0.3, 0.4) is 0 Å². The van der Waals surface area contributed by atoms with Crippen molar-refractivity contribution in [2.75, 3.05) is 18.6 Å². The third-order valence-electron chi connectivity index (χ3n) is 5.23. The molecule has 0 saturated carbocycles. The van der Waals surface area contributed by atoms with Gasteiger partial charge in [-0.1, -0.05) is 12.2 Å². The number of hydrogen-bond donors (Lipinski definition) is 1. The molecule has 25 heavy (non-hydrogen) atoms. The molecule has 130 valence electrons. The van der Waals surface area contributed by atoms with E-state index in [9.17, 15) is 19.5 Å². The molecule has 0 aliphatic carbocycles. The number of rotatable bonds is 4. The van der Waals surface area contributed by atoms with Crippen molar-refractivity contribution in [3.05, 3.63) is 35.9 Å². The second-order valence-corrected chi connectivity index (χ2v) is 6.51. The maximum Gasteiger partial charge on any atom is 0.241 e. The second-order valence-electron chi connectivity index (χ2n) is 6.51. The van der Waals surface area contributed by atoms with E-state index in [0.29, 0.717) is 11.3 Å². The average Bonchev–Trinajstić information content (AvgIpc) is 3.25. The van der Waals surface area contributed by atoms with Gasteiger partial charge in [0.25, 0.3) is 0 Å². The summed E-state index contributed by atoms with van der Waals surface area (Å²) >= 11 is 0. The molecule has 2 amide bonds. The van der Waals surface area contributed by atoms with Crippen molar-refractivity contribution in [3.63, 3.8) is 0 Å². The van der Waals surface area contributed by atoms with Crippen LogP contribution in [0.15, 0.2) is 30.4 Å². The summed E-state index contributed by atoms with van der Waals surface area (Å²) in [7, 11) is 1.43. The van der Waals surface area contributed by atoms with Crippen molar-refractivity contribution < 1.29 is 29.0 Å². The van der Waals surface area contributed by atoms with Crippen LogP contribution in [-0.4, -0.2) is 48.1 Å². The van der Waals surface area contributed by atoms with Gasteiger partial charge in [0, 0.05) is 5.56 Å². The predicted octanol–water partition coefficient (Wildman–Crippen LogP) is 0.703. The highest BCUT2D eigenvalue weighted by atomic mass is 16.5. The molecule has 0 spiro atoms. The third kappa shape index (κ3) is 1.96. The largest absolute Gasteiger partial charge is 0.495 e. The number of aliphatic hydroxyl groups is 1. The maximum atomic E-state index is 13.0. The standard InChI is InChI=1S/C18H17NO6/c1-9(21)10-3-4-12(24-2)11(7-10)19-16(22)14-13-5-6-18(8-20,25-13)15(14)17(19)23/h3-7,13-15,20H,8H2,1-2H3/t13-,14+,15+,18-/m1/s1. The molecule has 2 bridgehead atoms. The van der Waals surface area contributed by atoms with Crippen LogP contribution in [0.25, 0.3) is 0 Å². The van der Waals surface area contributed by atoms with Crippen molar-refractivity contribution in [1.82, 2.24) is 0 Å². The van der Waals surface area contributed by atoms with Gasteiger partial charge in [-0.05, 0) is 25.1 Å². The summed E-state index contributed by atoms with van der Waals surface area (Å²) in [5, 5.41) is 9.74. The summed E-state index contributed by atoms with van der Waals surface area (Å²) in [4.78, 5) is 38.8. The van der Waals surface area contributed by atoms with Crippen LogP contribution in [0.5, 0.6) is 5.75 Å². The van der Waals surface area contributed by atoms with Gasteiger partial charge in [0.05, 0.1) is 37.3 Å². The fourth-order valence-electron chi connectivity index (χ4n) is 4.01. The number of carbonyl (C=O) groups excluding carboxylic acids is 3. The highest BCUT2D eigenvalue weighted by Crippen LogP contribution is 2.53. The first kappa shape index (κ1) is 16.0. The molecule has 0 radical (unpaired) electrons. The van der Waals surface area contributed by atoms with Crippen molar-refractivity contribution in [2.45, 2.75) is 18.6 Å². The van der Waals surface area contributed by atoms with Crippen LogP contribution >= 0.6 is 0 Å². The number of carbonyl (C=O) groups is 3. The lowest BCUT2D eigenvalue weighted by Gasteiger charge is -2.26. The lowest BCUT2D eigenvalue weighted by molar-refractivity contribution is -0.128. The van der Waals surface area contributed by atoms with Gasteiger partial charge in [-0.3, -0.25) is 14.4 Å². The minimum atomic E-state index is -1.15. The van der Waals surface area contributed by atoms with E-state index in [1.54, 1.807) is 24.3 Å². The molecule has 4 rings (SSSR count). The number of aliphatic hydroxyl groups excluding tert-OH is 1. The molecular weight excluding hydrogens is 326 g/mol. The molecule has 1 aromatic rings. The first-order valence-corrected chi connectivity index (χ1v) is 7.98. The third-order valence-corrected chi connectivity index (χ3v) is 5.23. The molecular formula is C18H17NO6. The van der Waals surface area contributed by atoms with E-state index in [-0.39, 0.29) is 18.1 Å². The lowest BCUT2D eigenvalue weighted by Crippen LogP contribution is -2.43. The van der Waals surface area contributed by atoms with Crippen LogP contribution in [0.4, 0.5) is 5.69 Å². The number of ether oxygens (including phenoxy) is 2. The van der Waals surface area contributed by atoms with E-state index in [0.717, 1.165) is 4.90 Å². The zero-order valence-electron chi connectivity index (χ0n) is 13.8. The monoisotopic (exact) mass is 343 g/mol. The summed E-state index contributed by atoms with van der Waals surface area (Å²) in [6, 6.07) is 4.63. The second kappa shape index (κ2) is 5.24. The van der Waals surface area contributed by atoms with Crippen LogP contribution in [0, 0.1) is 11.8 Å². The van der Waals surface area contributed by atoms with E-state index in [2.05, 4.69) is 0 Å². The number of fused-ring (bicyclic) bond motifs is 5. The SMILES string of the molecule is COc1ccc(C(C)=O)cc1N1C(=O)[C@@H]2[C@@H](C1=O)[C@]1(CO)C=C[C@H]2O1.